The van der Waals surface area contributed by atoms with E-state index in [0.717, 1.165) is 6.29 Å². The second kappa shape index (κ2) is 20.3. The van der Waals surface area contributed by atoms with Crippen LogP contribution in [0.15, 0.2) is 48.6 Å². The van der Waals surface area contributed by atoms with Crippen molar-refractivity contribution in [3.8, 4) is 0 Å². The average Bonchev–Trinajstić information content (AvgIpc) is 2.88. The molecule has 1 aromatic carbocycles. The molecular weight excluding hydrogens is 428 g/mol. The van der Waals surface area contributed by atoms with Crippen molar-refractivity contribution >= 4 is 12.6 Å². The molecule has 1 fully saturated rings. The van der Waals surface area contributed by atoms with Gasteiger partial charge in [0.2, 0.25) is 0 Å². The molecule has 0 amide bonds. The molecule has 1 aromatic rings. The van der Waals surface area contributed by atoms with E-state index in [1.807, 2.05) is 0 Å². The maximum Gasteiger partial charge on any atom is 0.147 e. The van der Waals surface area contributed by atoms with E-state index in [1.54, 1.807) is 14.0 Å². The highest BCUT2D eigenvalue weighted by Gasteiger charge is 2.27. The first-order valence-electron chi connectivity index (χ1n) is 12.4. The minimum Gasteiger partial charge on any atom is -0.396 e. The van der Waals surface area contributed by atoms with E-state index in [4.69, 9.17) is 9.84 Å². The predicted molar refractivity (Wildman–Crippen MR) is 140 cm³/mol. The summed E-state index contributed by atoms with van der Waals surface area (Å²) in [4.78, 5) is 18.9. The SMILES string of the molecule is C=C(C)C=O.C=C(C=O)CO.CCCCCc1ccc(C2CCC(C(CO)COC)CC2)cc1. The van der Waals surface area contributed by atoms with Crippen LogP contribution in [0.1, 0.15) is 75.8 Å². The quantitative estimate of drug-likeness (QED) is 0.239. The molecule has 1 saturated carbocycles. The van der Waals surface area contributed by atoms with Gasteiger partial charge in [0.25, 0.3) is 0 Å². The maximum absolute atomic E-state index is 9.53. The molecule has 0 saturated heterocycles. The van der Waals surface area contributed by atoms with E-state index in [2.05, 4.69) is 44.3 Å². The number of benzene rings is 1. The number of hydrogen-bond donors (Lipinski definition) is 2. The number of aliphatic hydroxyl groups is 2. The molecule has 1 atom stereocenters. The number of methoxy groups -OCH3 is 1. The van der Waals surface area contributed by atoms with E-state index in [1.165, 1.54) is 62.5 Å². The Kier molecular flexibility index (Phi) is 19.1. The smallest absolute Gasteiger partial charge is 0.147 e. The van der Waals surface area contributed by atoms with Crippen LogP contribution in [0, 0.1) is 11.8 Å². The van der Waals surface area contributed by atoms with Crippen LogP contribution in [-0.2, 0) is 20.7 Å². The Morgan fingerprint density at radius 2 is 1.65 bits per heavy atom. The highest BCUT2D eigenvalue weighted by atomic mass is 16.5. The minimum atomic E-state index is -0.233. The third-order valence-electron chi connectivity index (χ3n) is 6.14. The molecule has 1 aliphatic rings. The Morgan fingerprint density at radius 3 is 2.03 bits per heavy atom. The number of ether oxygens (including phenoxy) is 1. The first-order valence-corrected chi connectivity index (χ1v) is 12.4. The number of allylic oxidation sites excluding steroid dienone is 1. The van der Waals surface area contributed by atoms with Crippen LogP contribution in [0.3, 0.4) is 0 Å². The molecule has 0 aromatic heterocycles. The van der Waals surface area contributed by atoms with Crippen LogP contribution in [0.2, 0.25) is 0 Å². The lowest BCUT2D eigenvalue weighted by atomic mass is 9.74. The van der Waals surface area contributed by atoms with Gasteiger partial charge in [-0.2, -0.15) is 0 Å². The van der Waals surface area contributed by atoms with E-state index >= 15 is 0 Å². The van der Waals surface area contributed by atoms with Crippen molar-refractivity contribution in [3.63, 3.8) is 0 Å². The highest BCUT2D eigenvalue weighted by Crippen LogP contribution is 2.38. The van der Waals surface area contributed by atoms with Crippen LogP contribution in [0.25, 0.3) is 0 Å². The van der Waals surface area contributed by atoms with Gasteiger partial charge in [0.15, 0.2) is 0 Å². The molecule has 0 bridgehead atoms. The summed E-state index contributed by atoms with van der Waals surface area (Å²) in [5.74, 6) is 1.66. The first kappa shape index (κ1) is 31.9. The molecule has 192 valence electrons. The third kappa shape index (κ3) is 14.2. The average molecular weight is 475 g/mol. The van der Waals surface area contributed by atoms with Crippen LogP contribution in [0.4, 0.5) is 0 Å². The molecule has 5 heteroatoms. The molecule has 0 spiro atoms. The zero-order valence-electron chi connectivity index (χ0n) is 21.5. The number of aliphatic hydroxyl groups excluding tert-OH is 2. The summed E-state index contributed by atoms with van der Waals surface area (Å²) in [5, 5.41) is 17.5. The monoisotopic (exact) mass is 474 g/mol. The van der Waals surface area contributed by atoms with E-state index < -0.39 is 0 Å². The zero-order valence-corrected chi connectivity index (χ0v) is 21.5. The third-order valence-corrected chi connectivity index (χ3v) is 6.14. The lowest BCUT2D eigenvalue weighted by Crippen LogP contribution is -2.27. The fraction of sp³-hybridized carbons (Fsp3) is 0.586. The summed E-state index contributed by atoms with van der Waals surface area (Å²) < 4.78 is 5.25. The Balaban J connectivity index is 0.000000824. The van der Waals surface area contributed by atoms with E-state index in [0.29, 0.717) is 36.2 Å². The Hall–Kier alpha value is -2.08. The van der Waals surface area contributed by atoms with Gasteiger partial charge in [0.05, 0.1) is 13.2 Å². The van der Waals surface area contributed by atoms with Gasteiger partial charge >= 0.3 is 0 Å². The summed E-state index contributed by atoms with van der Waals surface area (Å²) in [7, 11) is 1.73. The first-order chi connectivity index (χ1) is 16.4. The second-order valence-electron chi connectivity index (χ2n) is 9.11. The van der Waals surface area contributed by atoms with Crippen LogP contribution < -0.4 is 0 Å². The topological polar surface area (TPSA) is 83.8 Å². The number of carbonyl (C=O) groups excluding carboxylic acids is 2. The van der Waals surface area contributed by atoms with Crippen LogP contribution >= 0.6 is 0 Å². The number of aldehydes is 2. The lowest BCUT2D eigenvalue weighted by molar-refractivity contribution is -0.105. The maximum atomic E-state index is 9.53. The van der Waals surface area contributed by atoms with Crippen molar-refractivity contribution in [1.29, 1.82) is 0 Å². The van der Waals surface area contributed by atoms with Crippen molar-refractivity contribution in [2.24, 2.45) is 11.8 Å². The Labute approximate surface area is 206 Å². The molecule has 1 aliphatic carbocycles. The molecule has 34 heavy (non-hydrogen) atoms. The van der Waals surface area contributed by atoms with E-state index in [9.17, 15) is 14.7 Å². The second-order valence-corrected chi connectivity index (χ2v) is 9.11. The zero-order chi connectivity index (χ0) is 25.8. The number of rotatable bonds is 12. The molecule has 2 rings (SSSR count). The summed E-state index contributed by atoms with van der Waals surface area (Å²) in [6, 6.07) is 9.37. The summed E-state index contributed by atoms with van der Waals surface area (Å²) >= 11 is 0. The summed E-state index contributed by atoms with van der Waals surface area (Å²) in [5.41, 5.74) is 3.78. The van der Waals surface area contributed by atoms with Gasteiger partial charge in [-0.25, -0.2) is 0 Å². The Morgan fingerprint density at radius 1 is 1.06 bits per heavy atom. The van der Waals surface area contributed by atoms with Crippen molar-refractivity contribution in [2.75, 3.05) is 26.9 Å². The molecule has 0 radical (unpaired) electrons. The van der Waals surface area contributed by atoms with E-state index in [-0.39, 0.29) is 18.8 Å². The fourth-order valence-electron chi connectivity index (χ4n) is 4.05. The van der Waals surface area contributed by atoms with Crippen LogP contribution in [0.5, 0.6) is 0 Å². The largest absolute Gasteiger partial charge is 0.396 e. The summed E-state index contributed by atoms with van der Waals surface area (Å²) in [6.07, 6.45) is 11.3. The number of unbranched alkanes of at least 4 members (excludes halogenated alkanes) is 2. The minimum absolute atomic E-state index is 0.218. The predicted octanol–water partition coefficient (Wildman–Crippen LogP) is 5.44. The number of carbonyl (C=O) groups is 2. The molecule has 5 nitrogen and oxygen atoms in total. The van der Waals surface area contributed by atoms with Gasteiger partial charge in [-0.05, 0) is 74.0 Å². The normalized spacial score (nSPS) is 17.8. The van der Waals surface area contributed by atoms with Gasteiger partial charge < -0.3 is 14.9 Å². The van der Waals surface area contributed by atoms with Gasteiger partial charge in [-0.1, -0.05) is 57.2 Å². The van der Waals surface area contributed by atoms with Gasteiger partial charge in [-0.15, -0.1) is 0 Å². The lowest BCUT2D eigenvalue weighted by Gasteiger charge is -2.33. The molecule has 1 unspecified atom stereocenters. The summed E-state index contributed by atoms with van der Waals surface area (Å²) in [6.45, 7) is 11.1. The van der Waals surface area contributed by atoms with Crippen molar-refractivity contribution in [2.45, 2.75) is 71.1 Å². The van der Waals surface area contributed by atoms with Crippen LogP contribution in [-0.4, -0.2) is 49.7 Å². The van der Waals surface area contributed by atoms with Gasteiger partial charge in [-0.3, -0.25) is 9.59 Å². The van der Waals surface area contributed by atoms with Crippen molar-refractivity contribution in [3.05, 3.63) is 59.7 Å². The number of hydrogen-bond acceptors (Lipinski definition) is 5. The Bertz CT molecular complexity index is 687. The molecule has 2 N–H and O–H groups in total. The standard InChI is InChI=1S/C21H34O2.C4H6O2.C4H6O/c1-3-4-5-6-17-7-9-18(10-8-17)19-11-13-20(14-12-19)21(15-22)16-23-2;1-4(2-5)3-6;1-4(2)3-5/h7-10,19-22H,3-6,11-16H2,1-2H3;2,6H,1,3H2;3H,1H2,2H3. The number of aryl methyl sites for hydroxylation is 1. The molecular formula is C29H46O5. The van der Waals surface area contributed by atoms with Gasteiger partial charge in [0, 0.05) is 25.2 Å². The van der Waals surface area contributed by atoms with Crippen molar-refractivity contribution < 1.29 is 24.5 Å². The fourth-order valence-corrected chi connectivity index (χ4v) is 4.05. The van der Waals surface area contributed by atoms with Crippen molar-refractivity contribution in [1.82, 2.24) is 0 Å². The molecule has 0 aliphatic heterocycles. The van der Waals surface area contributed by atoms with Gasteiger partial charge in [0.1, 0.15) is 12.6 Å². The molecule has 0 heterocycles. The highest BCUT2D eigenvalue weighted by molar-refractivity contribution is 5.72.